The Bertz CT molecular complexity index is 1110. The van der Waals surface area contributed by atoms with Gasteiger partial charge in [-0.2, -0.15) is 5.10 Å². The number of rotatable bonds is 6. The van der Waals surface area contributed by atoms with Crippen molar-refractivity contribution in [2.24, 2.45) is 10.2 Å². The fraction of sp³-hybridized carbons (Fsp3) is 0.0952. The maximum atomic E-state index is 13.2. The van der Waals surface area contributed by atoms with Gasteiger partial charge in [-0.15, -0.1) is 5.10 Å². The van der Waals surface area contributed by atoms with Gasteiger partial charge in [-0.1, -0.05) is 42.1 Å². The Morgan fingerprint density at radius 1 is 1.13 bits per heavy atom. The van der Waals surface area contributed by atoms with E-state index < -0.39 is 10.2 Å². The van der Waals surface area contributed by atoms with Gasteiger partial charge in [-0.3, -0.25) is 19.8 Å². The molecule has 1 saturated heterocycles. The van der Waals surface area contributed by atoms with Crippen molar-refractivity contribution in [1.29, 1.82) is 0 Å². The quantitative estimate of drug-likeness (QED) is 0.337. The average Bonchev–Trinajstić information content (AvgIpc) is 3.37. The molecule has 2 heterocycles. The van der Waals surface area contributed by atoms with Crippen LogP contribution in [0.4, 0.5) is 11.4 Å². The zero-order chi connectivity index (χ0) is 20.9. The maximum absolute atomic E-state index is 13.2. The summed E-state index contributed by atoms with van der Waals surface area (Å²) in [5.41, 5.74) is 1.40. The lowest BCUT2D eigenvalue weighted by Crippen LogP contribution is -2.32. The molecule has 3 aromatic rings. The second kappa shape index (κ2) is 8.75. The molecule has 4 rings (SSSR count). The maximum Gasteiger partial charge on any atom is 0.269 e. The summed E-state index contributed by atoms with van der Waals surface area (Å²) in [6.45, 7) is 0. The fourth-order valence-electron chi connectivity index (χ4n) is 2.99. The first-order chi connectivity index (χ1) is 14.6. The van der Waals surface area contributed by atoms with E-state index in [1.807, 2.05) is 30.3 Å². The van der Waals surface area contributed by atoms with Crippen LogP contribution in [0.15, 0.2) is 87.6 Å². The molecule has 0 radical (unpaired) electrons. The lowest BCUT2D eigenvalue weighted by atomic mass is 10.1. The van der Waals surface area contributed by atoms with Gasteiger partial charge in [-0.25, -0.2) is 0 Å². The van der Waals surface area contributed by atoms with Crippen LogP contribution in [0.5, 0.6) is 0 Å². The lowest BCUT2D eigenvalue weighted by Gasteiger charge is -2.15. The number of para-hydroxylation sites is 1. The van der Waals surface area contributed by atoms with Gasteiger partial charge in [-0.05, 0) is 36.2 Å². The molecule has 0 bridgehead atoms. The monoisotopic (exact) mass is 420 g/mol. The fourth-order valence-corrected chi connectivity index (χ4v) is 4.12. The summed E-state index contributed by atoms with van der Waals surface area (Å²) in [5, 5.41) is 19.3. The Kier molecular flexibility index (Phi) is 5.71. The smallest absolute Gasteiger partial charge is 0.269 e. The van der Waals surface area contributed by atoms with Gasteiger partial charge in [0.2, 0.25) is 5.91 Å². The number of nitro groups is 1. The van der Waals surface area contributed by atoms with Gasteiger partial charge >= 0.3 is 0 Å². The summed E-state index contributed by atoms with van der Waals surface area (Å²) in [5.74, 6) is 0.401. The van der Waals surface area contributed by atoms with Gasteiger partial charge in [0, 0.05) is 12.1 Å². The standard InChI is InChI=1S/C21H16N4O4S/c26-20-19(13-15-6-4-9-17(12-15)25(27)28)30-21(23-22-14-18-10-5-11-29-18)24(20)16-7-2-1-3-8-16/h1-12,14,19H,13H2/b22-14-,23-21-/t19-/m0/s1. The molecule has 1 aliphatic heterocycles. The van der Waals surface area contributed by atoms with E-state index in [4.69, 9.17) is 4.42 Å². The average molecular weight is 420 g/mol. The Labute approximate surface area is 176 Å². The molecular weight excluding hydrogens is 404 g/mol. The molecule has 1 fully saturated rings. The van der Waals surface area contributed by atoms with Crippen molar-refractivity contribution in [3.63, 3.8) is 0 Å². The first-order valence-corrected chi connectivity index (χ1v) is 9.93. The minimum absolute atomic E-state index is 0.000185. The van der Waals surface area contributed by atoms with Crippen LogP contribution in [0.1, 0.15) is 11.3 Å². The Hall–Kier alpha value is -3.72. The number of carbonyl (C=O) groups excluding carboxylic acids is 1. The predicted molar refractivity (Wildman–Crippen MR) is 116 cm³/mol. The number of carbonyl (C=O) groups is 1. The van der Waals surface area contributed by atoms with Gasteiger partial charge in [0.15, 0.2) is 5.17 Å². The van der Waals surface area contributed by atoms with Crippen molar-refractivity contribution in [2.75, 3.05) is 4.90 Å². The van der Waals surface area contributed by atoms with Gasteiger partial charge in [0.25, 0.3) is 5.69 Å². The van der Waals surface area contributed by atoms with Crippen LogP contribution in [-0.2, 0) is 11.2 Å². The highest BCUT2D eigenvalue weighted by Gasteiger charge is 2.39. The lowest BCUT2D eigenvalue weighted by molar-refractivity contribution is -0.384. The van der Waals surface area contributed by atoms with Crippen molar-refractivity contribution >= 4 is 40.4 Å². The Balaban J connectivity index is 1.61. The van der Waals surface area contributed by atoms with E-state index in [-0.39, 0.29) is 11.6 Å². The molecule has 150 valence electrons. The molecule has 0 N–H and O–H groups in total. The molecule has 0 aliphatic carbocycles. The first-order valence-electron chi connectivity index (χ1n) is 9.05. The van der Waals surface area contributed by atoms with Crippen LogP contribution in [0, 0.1) is 10.1 Å². The molecule has 2 aromatic carbocycles. The van der Waals surface area contributed by atoms with Crippen LogP contribution < -0.4 is 4.90 Å². The number of furan rings is 1. The Morgan fingerprint density at radius 3 is 2.70 bits per heavy atom. The zero-order valence-electron chi connectivity index (χ0n) is 15.6. The number of non-ortho nitro benzene ring substituents is 1. The molecule has 1 amide bonds. The first kappa shape index (κ1) is 19.6. The van der Waals surface area contributed by atoms with Crippen molar-refractivity contribution < 1.29 is 14.1 Å². The van der Waals surface area contributed by atoms with Crippen molar-refractivity contribution in [3.8, 4) is 0 Å². The van der Waals surface area contributed by atoms with Crippen LogP contribution in [-0.4, -0.2) is 27.5 Å². The van der Waals surface area contributed by atoms with E-state index >= 15 is 0 Å². The second-order valence-corrected chi connectivity index (χ2v) is 7.56. The summed E-state index contributed by atoms with van der Waals surface area (Å²) in [6, 6.07) is 19.0. The van der Waals surface area contributed by atoms with E-state index in [0.717, 1.165) is 0 Å². The third-order valence-corrected chi connectivity index (χ3v) is 5.49. The molecule has 0 saturated carbocycles. The second-order valence-electron chi connectivity index (χ2n) is 6.39. The molecule has 1 aromatic heterocycles. The Morgan fingerprint density at radius 2 is 1.97 bits per heavy atom. The van der Waals surface area contributed by atoms with E-state index in [2.05, 4.69) is 10.2 Å². The topological polar surface area (TPSA) is 101 Å². The van der Waals surface area contributed by atoms with Crippen LogP contribution in [0.25, 0.3) is 0 Å². The third-order valence-electron chi connectivity index (χ3n) is 4.36. The summed E-state index contributed by atoms with van der Waals surface area (Å²) >= 11 is 1.28. The molecular formula is C21H16N4O4S. The third kappa shape index (κ3) is 4.31. The normalized spacial score (nSPS) is 17.9. The number of hydrogen-bond acceptors (Lipinski definition) is 7. The summed E-state index contributed by atoms with van der Waals surface area (Å²) in [7, 11) is 0. The molecule has 1 atom stereocenters. The summed E-state index contributed by atoms with van der Waals surface area (Å²) in [6.07, 6.45) is 3.35. The van der Waals surface area contributed by atoms with E-state index in [0.29, 0.717) is 28.6 Å². The highest BCUT2D eigenvalue weighted by molar-refractivity contribution is 8.16. The molecule has 0 unspecified atom stereocenters. The predicted octanol–water partition coefficient (Wildman–Crippen LogP) is 4.27. The molecule has 8 nitrogen and oxygen atoms in total. The minimum atomic E-state index is -0.468. The van der Waals surface area contributed by atoms with Crippen molar-refractivity contribution in [3.05, 3.63) is 94.4 Å². The largest absolute Gasteiger partial charge is 0.463 e. The molecule has 9 heteroatoms. The molecule has 1 aliphatic rings. The minimum Gasteiger partial charge on any atom is -0.463 e. The highest BCUT2D eigenvalue weighted by atomic mass is 32.2. The zero-order valence-corrected chi connectivity index (χ0v) is 16.4. The van der Waals surface area contributed by atoms with Gasteiger partial charge in [0.1, 0.15) is 5.76 Å². The van der Waals surface area contributed by atoms with Crippen molar-refractivity contribution in [1.82, 2.24) is 0 Å². The van der Waals surface area contributed by atoms with Crippen molar-refractivity contribution in [2.45, 2.75) is 11.7 Å². The van der Waals surface area contributed by atoms with E-state index in [1.54, 1.807) is 24.3 Å². The highest BCUT2D eigenvalue weighted by Crippen LogP contribution is 2.34. The summed E-state index contributed by atoms with van der Waals surface area (Å²) in [4.78, 5) is 25.3. The SMILES string of the molecule is O=C1[C@H](Cc2cccc([N+](=O)[O-])c2)S/C(=N\N=C/c2ccco2)N1c1ccccc1. The number of amidine groups is 1. The number of thioether (sulfide) groups is 1. The number of nitrogens with zero attached hydrogens (tertiary/aromatic N) is 4. The van der Waals surface area contributed by atoms with Crippen LogP contribution >= 0.6 is 11.8 Å². The van der Waals surface area contributed by atoms with Crippen LogP contribution in [0.2, 0.25) is 0 Å². The molecule has 30 heavy (non-hydrogen) atoms. The number of hydrogen-bond donors (Lipinski definition) is 0. The van der Waals surface area contributed by atoms with Gasteiger partial charge < -0.3 is 4.42 Å². The number of nitro benzene ring substituents is 1. The number of benzene rings is 2. The summed E-state index contributed by atoms with van der Waals surface area (Å²) < 4.78 is 5.20. The van der Waals surface area contributed by atoms with Crippen LogP contribution in [0.3, 0.4) is 0 Å². The van der Waals surface area contributed by atoms with Gasteiger partial charge in [0.05, 0.1) is 28.3 Å². The number of anilines is 1. The van der Waals surface area contributed by atoms with E-state index in [9.17, 15) is 14.9 Å². The molecule has 0 spiro atoms. The van der Waals surface area contributed by atoms with E-state index in [1.165, 1.54) is 41.3 Å². The number of amides is 1.